The van der Waals surface area contributed by atoms with Gasteiger partial charge in [-0.1, -0.05) is 41.9 Å². The van der Waals surface area contributed by atoms with Gasteiger partial charge in [-0.15, -0.1) is 0 Å². The standard InChI is InChI=1S/C19H23ClN4O3/c1-22(2)12-13-23(11-10-15-6-4-3-5-7-15)19(25)21-18-9-8-16(24(26)27)14-17(18)20/h3-9,14H,10-13H2,1-2H3,(H,21,25). The maximum atomic E-state index is 12.7. The van der Waals surface area contributed by atoms with Crippen molar-refractivity contribution in [3.63, 3.8) is 0 Å². The molecule has 1 N–H and O–H groups in total. The fraction of sp³-hybridized carbons (Fsp3) is 0.316. The number of halogens is 1. The van der Waals surface area contributed by atoms with Crippen LogP contribution in [0.4, 0.5) is 16.2 Å². The number of amides is 2. The van der Waals surface area contributed by atoms with Crippen molar-refractivity contribution >= 4 is 29.0 Å². The molecule has 144 valence electrons. The molecule has 0 aromatic heterocycles. The Morgan fingerprint density at radius 2 is 1.81 bits per heavy atom. The fourth-order valence-corrected chi connectivity index (χ4v) is 2.68. The van der Waals surface area contributed by atoms with Gasteiger partial charge in [-0.3, -0.25) is 10.1 Å². The maximum Gasteiger partial charge on any atom is 0.321 e. The van der Waals surface area contributed by atoms with E-state index in [0.717, 1.165) is 18.5 Å². The number of nitro groups is 1. The molecule has 0 heterocycles. The molecule has 0 fully saturated rings. The molecule has 0 radical (unpaired) electrons. The predicted octanol–water partition coefficient (Wildman–Crippen LogP) is 3.89. The number of carbonyl (C=O) groups is 1. The van der Waals surface area contributed by atoms with Crippen LogP contribution in [0.2, 0.25) is 5.02 Å². The number of rotatable bonds is 8. The lowest BCUT2D eigenvalue weighted by atomic mass is 10.1. The molecule has 0 bridgehead atoms. The summed E-state index contributed by atoms with van der Waals surface area (Å²) in [4.78, 5) is 26.7. The molecule has 2 aromatic rings. The molecule has 0 aliphatic rings. The van der Waals surface area contributed by atoms with Crippen LogP contribution in [0.5, 0.6) is 0 Å². The van der Waals surface area contributed by atoms with E-state index in [1.807, 2.05) is 49.3 Å². The minimum absolute atomic E-state index is 0.119. The second-order valence-electron chi connectivity index (χ2n) is 6.38. The van der Waals surface area contributed by atoms with Crippen molar-refractivity contribution in [3.05, 3.63) is 69.2 Å². The third-order valence-corrected chi connectivity index (χ3v) is 4.34. The molecule has 0 aliphatic carbocycles. The van der Waals surface area contributed by atoms with E-state index in [1.165, 1.54) is 18.2 Å². The minimum atomic E-state index is -0.527. The Hall–Kier alpha value is -2.64. The molecule has 0 saturated carbocycles. The third-order valence-electron chi connectivity index (χ3n) is 4.02. The van der Waals surface area contributed by atoms with E-state index in [0.29, 0.717) is 18.8 Å². The maximum absolute atomic E-state index is 12.7. The summed E-state index contributed by atoms with van der Waals surface area (Å²) in [5, 5.41) is 13.7. The van der Waals surface area contributed by atoms with Crippen molar-refractivity contribution < 1.29 is 9.72 Å². The predicted molar refractivity (Wildman–Crippen MR) is 107 cm³/mol. The summed E-state index contributed by atoms with van der Waals surface area (Å²) in [5.74, 6) is 0. The molecular formula is C19H23ClN4O3. The molecule has 2 amide bonds. The number of hydrogen-bond donors (Lipinski definition) is 1. The van der Waals surface area contributed by atoms with Gasteiger partial charge in [0.2, 0.25) is 0 Å². The highest BCUT2D eigenvalue weighted by Crippen LogP contribution is 2.26. The number of nitro benzene ring substituents is 1. The van der Waals surface area contributed by atoms with Crippen molar-refractivity contribution in [2.45, 2.75) is 6.42 Å². The Balaban J connectivity index is 2.06. The van der Waals surface area contributed by atoms with E-state index >= 15 is 0 Å². The van der Waals surface area contributed by atoms with E-state index in [9.17, 15) is 14.9 Å². The Kier molecular flexibility index (Phi) is 7.57. The average molecular weight is 391 g/mol. The lowest BCUT2D eigenvalue weighted by Gasteiger charge is -2.25. The smallest absolute Gasteiger partial charge is 0.321 e. The van der Waals surface area contributed by atoms with Crippen LogP contribution >= 0.6 is 11.6 Å². The summed E-state index contributed by atoms with van der Waals surface area (Å²) < 4.78 is 0. The van der Waals surface area contributed by atoms with E-state index in [-0.39, 0.29) is 16.7 Å². The van der Waals surface area contributed by atoms with Gasteiger partial charge in [0.25, 0.3) is 5.69 Å². The number of likely N-dealkylation sites (N-methyl/N-ethyl adjacent to an activating group) is 1. The van der Waals surface area contributed by atoms with Gasteiger partial charge in [0.05, 0.1) is 15.6 Å². The SMILES string of the molecule is CN(C)CCN(CCc1ccccc1)C(=O)Nc1ccc([N+](=O)[O-])cc1Cl. The Labute approximate surface area is 163 Å². The number of carbonyl (C=O) groups excluding carboxylic acids is 1. The summed E-state index contributed by atoms with van der Waals surface area (Å²) in [7, 11) is 3.89. The molecular weight excluding hydrogens is 368 g/mol. The van der Waals surface area contributed by atoms with Crippen LogP contribution in [0.1, 0.15) is 5.56 Å². The first kappa shape index (κ1) is 20.7. The number of benzene rings is 2. The molecule has 0 atom stereocenters. The molecule has 0 spiro atoms. The average Bonchev–Trinajstić information content (AvgIpc) is 2.63. The zero-order valence-corrected chi connectivity index (χ0v) is 16.1. The molecule has 0 aliphatic heterocycles. The van der Waals surface area contributed by atoms with Crippen LogP contribution in [0.25, 0.3) is 0 Å². The molecule has 2 aromatic carbocycles. The fourth-order valence-electron chi connectivity index (χ4n) is 2.46. The van der Waals surface area contributed by atoms with Gasteiger partial charge in [0.15, 0.2) is 0 Å². The zero-order valence-electron chi connectivity index (χ0n) is 15.4. The molecule has 8 heteroatoms. The quantitative estimate of drug-likeness (QED) is 0.548. The van der Waals surface area contributed by atoms with Crippen LogP contribution < -0.4 is 5.32 Å². The molecule has 0 saturated heterocycles. The van der Waals surface area contributed by atoms with Gasteiger partial charge in [-0.05, 0) is 32.1 Å². The van der Waals surface area contributed by atoms with E-state index < -0.39 is 4.92 Å². The normalized spacial score (nSPS) is 10.7. The first-order chi connectivity index (χ1) is 12.9. The Morgan fingerprint density at radius 3 is 2.41 bits per heavy atom. The minimum Gasteiger partial charge on any atom is -0.323 e. The van der Waals surface area contributed by atoms with Gasteiger partial charge in [0, 0.05) is 31.8 Å². The number of non-ortho nitro benzene ring substituents is 1. The van der Waals surface area contributed by atoms with Gasteiger partial charge in [-0.2, -0.15) is 0 Å². The van der Waals surface area contributed by atoms with Crippen LogP contribution in [0.3, 0.4) is 0 Å². The summed E-state index contributed by atoms with van der Waals surface area (Å²) in [6.45, 7) is 1.82. The highest BCUT2D eigenvalue weighted by atomic mass is 35.5. The van der Waals surface area contributed by atoms with E-state index in [1.54, 1.807) is 4.90 Å². The topological polar surface area (TPSA) is 78.7 Å². The van der Waals surface area contributed by atoms with Gasteiger partial charge in [0.1, 0.15) is 0 Å². The molecule has 2 rings (SSSR count). The first-order valence-corrected chi connectivity index (χ1v) is 8.93. The lowest BCUT2D eigenvalue weighted by Crippen LogP contribution is -2.40. The van der Waals surface area contributed by atoms with E-state index in [2.05, 4.69) is 5.32 Å². The highest BCUT2D eigenvalue weighted by Gasteiger charge is 2.17. The van der Waals surface area contributed by atoms with Crippen molar-refractivity contribution in [2.75, 3.05) is 39.0 Å². The lowest BCUT2D eigenvalue weighted by molar-refractivity contribution is -0.384. The van der Waals surface area contributed by atoms with Crippen LogP contribution in [-0.4, -0.2) is 54.5 Å². The number of hydrogen-bond acceptors (Lipinski definition) is 4. The monoisotopic (exact) mass is 390 g/mol. The van der Waals surface area contributed by atoms with Crippen LogP contribution in [0, 0.1) is 10.1 Å². The molecule has 0 unspecified atom stereocenters. The van der Waals surface area contributed by atoms with Crippen molar-refractivity contribution in [3.8, 4) is 0 Å². The van der Waals surface area contributed by atoms with Crippen LogP contribution in [-0.2, 0) is 6.42 Å². The number of urea groups is 1. The third kappa shape index (κ3) is 6.54. The summed E-state index contributed by atoms with van der Waals surface area (Å²) >= 11 is 6.08. The van der Waals surface area contributed by atoms with Gasteiger partial charge in [-0.25, -0.2) is 4.79 Å². The summed E-state index contributed by atoms with van der Waals surface area (Å²) in [6, 6.07) is 13.6. The first-order valence-electron chi connectivity index (χ1n) is 8.55. The second kappa shape index (κ2) is 9.89. The summed E-state index contributed by atoms with van der Waals surface area (Å²) in [6.07, 6.45) is 0.732. The Morgan fingerprint density at radius 1 is 1.11 bits per heavy atom. The zero-order chi connectivity index (χ0) is 19.8. The van der Waals surface area contributed by atoms with Gasteiger partial charge < -0.3 is 15.1 Å². The van der Waals surface area contributed by atoms with Crippen molar-refractivity contribution in [2.24, 2.45) is 0 Å². The second-order valence-corrected chi connectivity index (χ2v) is 6.78. The van der Waals surface area contributed by atoms with Crippen LogP contribution in [0.15, 0.2) is 48.5 Å². The molecule has 7 nitrogen and oxygen atoms in total. The largest absolute Gasteiger partial charge is 0.323 e. The Bertz CT molecular complexity index is 784. The molecule has 27 heavy (non-hydrogen) atoms. The summed E-state index contributed by atoms with van der Waals surface area (Å²) in [5.41, 5.74) is 1.38. The number of anilines is 1. The van der Waals surface area contributed by atoms with Crippen molar-refractivity contribution in [1.29, 1.82) is 0 Å². The van der Waals surface area contributed by atoms with Gasteiger partial charge >= 0.3 is 6.03 Å². The van der Waals surface area contributed by atoms with E-state index in [4.69, 9.17) is 11.6 Å². The highest BCUT2D eigenvalue weighted by molar-refractivity contribution is 6.33. The van der Waals surface area contributed by atoms with Crippen molar-refractivity contribution in [1.82, 2.24) is 9.80 Å². The number of nitrogens with zero attached hydrogens (tertiary/aromatic N) is 3. The number of nitrogens with one attached hydrogen (secondary N) is 1.